The van der Waals surface area contributed by atoms with Gasteiger partial charge in [0.2, 0.25) is 0 Å². The molecule has 3 heterocycles. The zero-order valence-corrected chi connectivity index (χ0v) is 10.6. The van der Waals surface area contributed by atoms with Crippen LogP contribution in [0.5, 0.6) is 0 Å². The van der Waals surface area contributed by atoms with Gasteiger partial charge in [0.25, 0.3) is 0 Å². The maximum atomic E-state index is 4.44. The number of piperazine rings is 1. The predicted molar refractivity (Wildman–Crippen MR) is 68.8 cm³/mol. The van der Waals surface area contributed by atoms with Gasteiger partial charge in [-0.1, -0.05) is 0 Å². The maximum absolute atomic E-state index is 4.44. The van der Waals surface area contributed by atoms with Gasteiger partial charge in [0.15, 0.2) is 0 Å². The summed E-state index contributed by atoms with van der Waals surface area (Å²) in [7, 11) is 0. The molecule has 0 amide bonds. The molecule has 0 radical (unpaired) electrons. The highest BCUT2D eigenvalue weighted by Crippen LogP contribution is 2.36. The van der Waals surface area contributed by atoms with Crippen molar-refractivity contribution in [2.75, 3.05) is 36.8 Å². The molecular formula is C10H15ClN4S. The quantitative estimate of drug-likeness (QED) is 0.813. The Morgan fingerprint density at radius 1 is 1.25 bits per heavy atom. The van der Waals surface area contributed by atoms with Crippen molar-refractivity contribution in [3.05, 3.63) is 12.0 Å². The van der Waals surface area contributed by atoms with Crippen LogP contribution in [0.1, 0.15) is 5.69 Å². The van der Waals surface area contributed by atoms with Gasteiger partial charge in [-0.2, -0.15) is 0 Å². The number of fused-ring (bicyclic) bond motifs is 1. The van der Waals surface area contributed by atoms with Gasteiger partial charge in [0.05, 0.1) is 10.6 Å². The van der Waals surface area contributed by atoms with Crippen molar-refractivity contribution in [3.8, 4) is 0 Å². The van der Waals surface area contributed by atoms with Gasteiger partial charge in [-0.3, -0.25) is 0 Å². The van der Waals surface area contributed by atoms with Crippen LogP contribution in [0.4, 0.5) is 5.82 Å². The van der Waals surface area contributed by atoms with Crippen LogP contribution in [-0.4, -0.2) is 41.9 Å². The van der Waals surface area contributed by atoms with Crippen molar-refractivity contribution >= 4 is 30.0 Å². The molecular weight excluding hydrogens is 244 g/mol. The Bertz CT molecular complexity index is 368. The summed E-state index contributed by atoms with van der Waals surface area (Å²) < 4.78 is 0. The average molecular weight is 259 g/mol. The summed E-state index contributed by atoms with van der Waals surface area (Å²) in [5, 5.41) is 3.36. The van der Waals surface area contributed by atoms with E-state index in [4.69, 9.17) is 0 Å². The molecule has 2 aliphatic rings. The summed E-state index contributed by atoms with van der Waals surface area (Å²) >= 11 is 1.90. The van der Waals surface area contributed by atoms with E-state index >= 15 is 0 Å². The monoisotopic (exact) mass is 258 g/mol. The van der Waals surface area contributed by atoms with Crippen LogP contribution in [0.25, 0.3) is 0 Å². The lowest BCUT2D eigenvalue weighted by Crippen LogP contribution is -2.44. The molecule has 1 aromatic rings. The van der Waals surface area contributed by atoms with E-state index in [1.807, 2.05) is 11.8 Å². The molecule has 6 heteroatoms. The minimum atomic E-state index is 0. The second-order valence-electron chi connectivity index (χ2n) is 3.81. The number of nitrogens with zero attached hydrogens (tertiary/aromatic N) is 3. The fourth-order valence-corrected chi connectivity index (χ4v) is 3.21. The third-order valence-corrected chi connectivity index (χ3v) is 3.98. The number of anilines is 1. The van der Waals surface area contributed by atoms with Crippen molar-refractivity contribution in [1.82, 2.24) is 15.3 Å². The third kappa shape index (κ3) is 2.12. The molecule has 0 aromatic carbocycles. The van der Waals surface area contributed by atoms with Gasteiger partial charge in [-0.05, 0) is 0 Å². The smallest absolute Gasteiger partial charge is 0.146 e. The van der Waals surface area contributed by atoms with E-state index in [9.17, 15) is 0 Å². The first-order valence-corrected chi connectivity index (χ1v) is 6.36. The Morgan fingerprint density at radius 3 is 2.88 bits per heavy atom. The van der Waals surface area contributed by atoms with Crippen LogP contribution in [0.2, 0.25) is 0 Å². The molecule has 16 heavy (non-hydrogen) atoms. The van der Waals surface area contributed by atoms with E-state index in [1.54, 1.807) is 6.33 Å². The molecule has 0 unspecified atom stereocenters. The van der Waals surface area contributed by atoms with Crippen LogP contribution < -0.4 is 10.2 Å². The molecule has 0 atom stereocenters. The van der Waals surface area contributed by atoms with E-state index in [0.29, 0.717) is 0 Å². The van der Waals surface area contributed by atoms with Gasteiger partial charge in [-0.25, -0.2) is 9.97 Å². The molecule has 1 saturated heterocycles. The van der Waals surface area contributed by atoms with Crippen molar-refractivity contribution in [3.63, 3.8) is 0 Å². The van der Waals surface area contributed by atoms with Gasteiger partial charge in [-0.15, -0.1) is 24.2 Å². The van der Waals surface area contributed by atoms with Gasteiger partial charge < -0.3 is 10.2 Å². The van der Waals surface area contributed by atoms with Gasteiger partial charge >= 0.3 is 0 Å². The first-order chi connectivity index (χ1) is 7.45. The SMILES string of the molecule is Cl.c1nc2c(c(N3CCNCC3)n1)SCC2. The number of aryl methyl sites for hydroxylation is 1. The second-order valence-corrected chi connectivity index (χ2v) is 4.91. The lowest BCUT2D eigenvalue weighted by Gasteiger charge is -2.29. The normalized spacial score (nSPS) is 19.1. The van der Waals surface area contributed by atoms with Crippen molar-refractivity contribution in [2.45, 2.75) is 11.3 Å². The number of hydrogen-bond acceptors (Lipinski definition) is 5. The highest BCUT2D eigenvalue weighted by atomic mass is 35.5. The Morgan fingerprint density at radius 2 is 2.06 bits per heavy atom. The van der Waals surface area contributed by atoms with Gasteiger partial charge in [0, 0.05) is 38.4 Å². The van der Waals surface area contributed by atoms with E-state index < -0.39 is 0 Å². The zero-order valence-electron chi connectivity index (χ0n) is 8.98. The summed E-state index contributed by atoms with van der Waals surface area (Å²) in [6.45, 7) is 4.24. The Kier molecular flexibility index (Phi) is 3.89. The lowest BCUT2D eigenvalue weighted by atomic mass is 10.3. The molecule has 3 rings (SSSR count). The number of halogens is 1. The standard InChI is InChI=1S/C10H14N4S.ClH/c1-6-15-9-8(1)12-7-13-10(9)14-4-2-11-3-5-14;/h7,11H,1-6H2;1H. The molecule has 1 N–H and O–H groups in total. The van der Waals surface area contributed by atoms with Crippen LogP contribution in [0.15, 0.2) is 11.2 Å². The van der Waals surface area contributed by atoms with Crippen LogP contribution in [0.3, 0.4) is 0 Å². The number of thioether (sulfide) groups is 1. The average Bonchev–Trinajstić information content (AvgIpc) is 2.78. The van der Waals surface area contributed by atoms with E-state index in [1.165, 1.54) is 10.6 Å². The molecule has 0 aliphatic carbocycles. The molecule has 1 aromatic heterocycles. The number of nitrogens with one attached hydrogen (secondary N) is 1. The number of aromatic nitrogens is 2. The highest BCUT2D eigenvalue weighted by Gasteiger charge is 2.22. The van der Waals surface area contributed by atoms with E-state index in [2.05, 4.69) is 20.2 Å². The summed E-state index contributed by atoms with van der Waals surface area (Å²) in [5.74, 6) is 2.32. The Balaban J connectivity index is 0.000000963. The minimum Gasteiger partial charge on any atom is -0.353 e. The fraction of sp³-hybridized carbons (Fsp3) is 0.600. The summed E-state index contributed by atoms with van der Waals surface area (Å²) in [5.41, 5.74) is 1.24. The first kappa shape index (κ1) is 12.0. The highest BCUT2D eigenvalue weighted by molar-refractivity contribution is 7.99. The lowest BCUT2D eigenvalue weighted by molar-refractivity contribution is 0.581. The maximum Gasteiger partial charge on any atom is 0.146 e. The summed E-state index contributed by atoms with van der Waals surface area (Å²) in [4.78, 5) is 12.5. The summed E-state index contributed by atoms with van der Waals surface area (Å²) in [6, 6.07) is 0. The van der Waals surface area contributed by atoms with Crippen molar-refractivity contribution in [1.29, 1.82) is 0 Å². The minimum absolute atomic E-state index is 0. The number of rotatable bonds is 1. The summed E-state index contributed by atoms with van der Waals surface area (Å²) in [6.07, 6.45) is 2.81. The topological polar surface area (TPSA) is 41.1 Å². The Hall–Kier alpha value is -0.520. The van der Waals surface area contributed by atoms with Crippen molar-refractivity contribution < 1.29 is 0 Å². The fourth-order valence-electron chi connectivity index (χ4n) is 2.08. The van der Waals surface area contributed by atoms with Crippen LogP contribution in [-0.2, 0) is 6.42 Å². The molecule has 1 fully saturated rings. The molecule has 0 bridgehead atoms. The van der Waals surface area contributed by atoms with Gasteiger partial charge in [0.1, 0.15) is 12.1 Å². The van der Waals surface area contributed by atoms with Crippen LogP contribution in [0, 0.1) is 0 Å². The largest absolute Gasteiger partial charge is 0.353 e. The second kappa shape index (κ2) is 5.21. The van der Waals surface area contributed by atoms with Crippen LogP contribution >= 0.6 is 24.2 Å². The molecule has 4 nitrogen and oxygen atoms in total. The molecule has 0 saturated carbocycles. The van der Waals surface area contributed by atoms with Crippen molar-refractivity contribution in [2.24, 2.45) is 0 Å². The molecule has 2 aliphatic heterocycles. The van der Waals surface area contributed by atoms with E-state index in [0.717, 1.165) is 44.2 Å². The molecule has 0 spiro atoms. The zero-order chi connectivity index (χ0) is 10.1. The molecule has 88 valence electrons. The predicted octanol–water partition coefficient (Wildman–Crippen LogP) is 0.956. The number of hydrogen-bond donors (Lipinski definition) is 1. The first-order valence-electron chi connectivity index (χ1n) is 5.37. The third-order valence-electron chi connectivity index (χ3n) is 2.86. The van der Waals surface area contributed by atoms with E-state index in [-0.39, 0.29) is 12.4 Å². The Labute approximate surface area is 106 Å².